The Hall–Kier alpha value is -1.64. The van der Waals surface area contributed by atoms with Crippen molar-refractivity contribution in [2.24, 2.45) is 11.3 Å². The topological polar surface area (TPSA) is 112 Å². The van der Waals surface area contributed by atoms with Gasteiger partial charge in [0.2, 0.25) is 11.8 Å². The number of nitrogens with zero attached hydrogens (tertiary/aromatic N) is 2. The second kappa shape index (κ2) is 7.31. The number of carbonyl (C=O) groups is 3. The third-order valence-corrected chi connectivity index (χ3v) is 6.11. The number of likely N-dealkylation sites (N-methyl/N-ethyl adjacent to an activating group) is 1. The molecule has 9 heteroatoms. The van der Waals surface area contributed by atoms with E-state index in [1.807, 2.05) is 0 Å². The molecule has 1 aliphatic heterocycles. The smallest absolute Gasteiger partial charge is 0.308 e. The summed E-state index contributed by atoms with van der Waals surface area (Å²) in [7, 11) is -1.62. The number of amides is 2. The average molecular weight is 374 g/mol. The van der Waals surface area contributed by atoms with Crippen LogP contribution in [0.5, 0.6) is 0 Å². The van der Waals surface area contributed by atoms with Crippen molar-refractivity contribution < 1.29 is 27.9 Å². The monoisotopic (exact) mass is 374 g/mol. The molecule has 2 rings (SSSR count). The lowest BCUT2D eigenvalue weighted by Crippen LogP contribution is -2.47. The highest BCUT2D eigenvalue weighted by Gasteiger charge is 2.47. The van der Waals surface area contributed by atoms with Gasteiger partial charge in [0.25, 0.3) is 0 Å². The minimum absolute atomic E-state index is 0.0000565. The molecule has 1 saturated carbocycles. The highest BCUT2D eigenvalue weighted by Crippen LogP contribution is 2.50. The third-order valence-electron chi connectivity index (χ3n) is 4.97. The zero-order valence-corrected chi connectivity index (χ0v) is 15.5. The minimum atomic E-state index is -3.15. The highest BCUT2D eigenvalue weighted by atomic mass is 32.2. The van der Waals surface area contributed by atoms with Gasteiger partial charge in [-0.05, 0) is 31.1 Å². The van der Waals surface area contributed by atoms with E-state index in [0.29, 0.717) is 32.2 Å². The first-order valence-electron chi connectivity index (χ1n) is 8.44. The molecule has 142 valence electrons. The van der Waals surface area contributed by atoms with Gasteiger partial charge < -0.3 is 14.9 Å². The fraction of sp³-hybridized carbons (Fsp3) is 0.812. The molecule has 0 aromatic carbocycles. The molecule has 0 radical (unpaired) electrons. The van der Waals surface area contributed by atoms with Crippen molar-refractivity contribution in [1.82, 2.24) is 9.80 Å². The van der Waals surface area contributed by atoms with Crippen molar-refractivity contribution in [2.75, 3.05) is 38.7 Å². The van der Waals surface area contributed by atoms with Crippen LogP contribution in [0.25, 0.3) is 0 Å². The Morgan fingerprint density at radius 3 is 2.44 bits per heavy atom. The van der Waals surface area contributed by atoms with Crippen LogP contribution >= 0.6 is 0 Å². The van der Waals surface area contributed by atoms with E-state index in [9.17, 15) is 22.8 Å². The fourth-order valence-electron chi connectivity index (χ4n) is 3.36. The van der Waals surface area contributed by atoms with Gasteiger partial charge in [0.1, 0.15) is 9.84 Å². The lowest BCUT2D eigenvalue weighted by atomic mass is 9.98. The maximum Gasteiger partial charge on any atom is 0.308 e. The Kier molecular flexibility index (Phi) is 5.75. The summed E-state index contributed by atoms with van der Waals surface area (Å²) >= 11 is 0. The molecule has 1 saturated heterocycles. The van der Waals surface area contributed by atoms with Gasteiger partial charge in [0.05, 0.1) is 18.2 Å². The first-order valence-corrected chi connectivity index (χ1v) is 10.5. The molecule has 1 heterocycles. The van der Waals surface area contributed by atoms with Crippen LogP contribution in [-0.4, -0.2) is 79.8 Å². The number of rotatable bonds is 7. The van der Waals surface area contributed by atoms with Crippen molar-refractivity contribution in [3.63, 3.8) is 0 Å². The number of piperidine rings is 1. The summed E-state index contributed by atoms with van der Waals surface area (Å²) in [5.74, 6) is -1.97. The van der Waals surface area contributed by atoms with Gasteiger partial charge >= 0.3 is 5.97 Å². The van der Waals surface area contributed by atoms with Crippen molar-refractivity contribution in [3.8, 4) is 0 Å². The number of carboxylic acids is 1. The Labute approximate surface area is 148 Å². The largest absolute Gasteiger partial charge is 0.481 e. The summed E-state index contributed by atoms with van der Waals surface area (Å²) in [5.41, 5.74) is -0.471. The minimum Gasteiger partial charge on any atom is -0.481 e. The summed E-state index contributed by atoms with van der Waals surface area (Å²) in [5, 5.41) is 9.08. The number of hydrogen-bond donors (Lipinski definition) is 1. The summed E-state index contributed by atoms with van der Waals surface area (Å²) in [6, 6.07) is 0. The van der Waals surface area contributed by atoms with Gasteiger partial charge in [0.15, 0.2) is 0 Å². The van der Waals surface area contributed by atoms with Crippen LogP contribution < -0.4 is 0 Å². The Bertz CT molecular complexity index is 656. The number of hydrogen-bond acceptors (Lipinski definition) is 5. The average Bonchev–Trinajstić information content (AvgIpc) is 3.23. The normalized spacial score (nSPS) is 22.3. The lowest BCUT2D eigenvalue weighted by molar-refractivity contribution is -0.147. The molecule has 2 aliphatic rings. The Balaban J connectivity index is 1.86. The van der Waals surface area contributed by atoms with E-state index >= 15 is 0 Å². The molecule has 25 heavy (non-hydrogen) atoms. The maximum atomic E-state index is 12.3. The molecular formula is C16H26N2O6S. The SMILES string of the molecule is CN(CC(=O)N1CCCC(C(=O)O)C1)C(=O)CC1(CS(C)(=O)=O)CC1. The third kappa shape index (κ3) is 5.69. The molecule has 1 atom stereocenters. The molecule has 8 nitrogen and oxygen atoms in total. The van der Waals surface area contributed by atoms with Crippen molar-refractivity contribution in [3.05, 3.63) is 0 Å². The number of aliphatic carboxylic acids is 1. The van der Waals surface area contributed by atoms with Gasteiger partial charge in [0, 0.05) is 32.8 Å². The fourth-order valence-corrected chi connectivity index (χ4v) is 4.86. The van der Waals surface area contributed by atoms with Crippen LogP contribution in [0.2, 0.25) is 0 Å². The summed E-state index contributed by atoms with van der Waals surface area (Å²) in [6.07, 6.45) is 3.90. The second-order valence-corrected chi connectivity index (χ2v) is 9.65. The molecule has 0 spiro atoms. The van der Waals surface area contributed by atoms with E-state index in [4.69, 9.17) is 5.11 Å². The first kappa shape index (κ1) is 19.7. The van der Waals surface area contributed by atoms with E-state index in [1.165, 1.54) is 23.1 Å². The maximum absolute atomic E-state index is 12.3. The lowest BCUT2D eigenvalue weighted by Gasteiger charge is -2.32. The Morgan fingerprint density at radius 2 is 1.92 bits per heavy atom. The molecule has 1 unspecified atom stereocenters. The van der Waals surface area contributed by atoms with Gasteiger partial charge in [-0.1, -0.05) is 0 Å². The molecule has 0 bridgehead atoms. The van der Waals surface area contributed by atoms with E-state index in [-0.39, 0.29) is 37.1 Å². The van der Waals surface area contributed by atoms with Crippen molar-refractivity contribution in [2.45, 2.75) is 32.1 Å². The number of carbonyl (C=O) groups excluding carboxylic acids is 2. The van der Waals surface area contributed by atoms with Crippen LogP contribution in [0, 0.1) is 11.3 Å². The van der Waals surface area contributed by atoms with E-state index < -0.39 is 27.1 Å². The molecular weight excluding hydrogens is 348 g/mol. The van der Waals surface area contributed by atoms with Crippen LogP contribution in [0.4, 0.5) is 0 Å². The highest BCUT2D eigenvalue weighted by molar-refractivity contribution is 7.90. The molecule has 2 amide bonds. The quantitative estimate of drug-likeness (QED) is 0.670. The van der Waals surface area contributed by atoms with Gasteiger partial charge in [-0.3, -0.25) is 14.4 Å². The van der Waals surface area contributed by atoms with Gasteiger partial charge in [-0.2, -0.15) is 0 Å². The van der Waals surface area contributed by atoms with E-state index in [2.05, 4.69) is 0 Å². The van der Waals surface area contributed by atoms with Crippen LogP contribution in [0.1, 0.15) is 32.1 Å². The summed E-state index contributed by atoms with van der Waals surface area (Å²) in [4.78, 5) is 38.6. The zero-order valence-electron chi connectivity index (χ0n) is 14.7. The number of carboxylic acid groups (broad SMARTS) is 1. The molecule has 1 N–H and O–H groups in total. The number of sulfone groups is 1. The van der Waals surface area contributed by atoms with Crippen LogP contribution in [0.3, 0.4) is 0 Å². The van der Waals surface area contributed by atoms with Crippen LogP contribution in [-0.2, 0) is 24.2 Å². The molecule has 0 aromatic heterocycles. The first-order chi connectivity index (χ1) is 11.5. The molecule has 2 fully saturated rings. The number of likely N-dealkylation sites (tertiary alicyclic amines) is 1. The van der Waals surface area contributed by atoms with Crippen LogP contribution in [0.15, 0.2) is 0 Å². The summed E-state index contributed by atoms with van der Waals surface area (Å²) < 4.78 is 22.9. The predicted molar refractivity (Wildman–Crippen MR) is 90.6 cm³/mol. The van der Waals surface area contributed by atoms with Crippen molar-refractivity contribution >= 4 is 27.6 Å². The molecule has 0 aromatic rings. The molecule has 1 aliphatic carbocycles. The van der Waals surface area contributed by atoms with Gasteiger partial charge in [-0.25, -0.2) is 8.42 Å². The van der Waals surface area contributed by atoms with Crippen molar-refractivity contribution in [1.29, 1.82) is 0 Å². The predicted octanol–water partition coefficient (Wildman–Crippen LogP) is -0.0171. The second-order valence-electron chi connectivity index (χ2n) is 7.51. The Morgan fingerprint density at radius 1 is 1.28 bits per heavy atom. The zero-order chi connectivity index (χ0) is 18.8. The van der Waals surface area contributed by atoms with E-state index in [0.717, 1.165) is 0 Å². The van der Waals surface area contributed by atoms with Gasteiger partial charge in [-0.15, -0.1) is 0 Å². The standard InChI is InChI=1S/C16H26N2O6S/c1-17(13(19)8-16(5-6-16)11-25(2,23)24)10-14(20)18-7-3-4-12(9-18)15(21)22/h12H,3-11H2,1-2H3,(H,21,22). The van der Waals surface area contributed by atoms with E-state index in [1.54, 1.807) is 0 Å². The summed E-state index contributed by atoms with van der Waals surface area (Å²) in [6.45, 7) is 0.566.